The molecular formula is C27H31NO7. The van der Waals surface area contributed by atoms with Gasteiger partial charge in [-0.25, -0.2) is 9.79 Å². The number of carbonyl (C=O) groups is 1. The Labute approximate surface area is 205 Å². The maximum atomic E-state index is 13.8. The predicted molar refractivity (Wildman–Crippen MR) is 129 cm³/mol. The molecule has 1 spiro atoms. The van der Waals surface area contributed by atoms with Crippen LogP contribution in [0.4, 0.5) is 0 Å². The Morgan fingerprint density at radius 1 is 0.914 bits per heavy atom. The Morgan fingerprint density at radius 3 is 2.06 bits per heavy atom. The van der Waals surface area contributed by atoms with Crippen LogP contribution in [0.5, 0.6) is 23.0 Å². The Kier molecular flexibility index (Phi) is 5.67. The van der Waals surface area contributed by atoms with Gasteiger partial charge in [-0.05, 0) is 61.4 Å². The van der Waals surface area contributed by atoms with E-state index in [0.717, 1.165) is 19.3 Å². The van der Waals surface area contributed by atoms with Gasteiger partial charge in [-0.1, -0.05) is 18.6 Å². The number of rotatable bonds is 7. The average molecular weight is 482 g/mol. The first-order valence-electron chi connectivity index (χ1n) is 11.7. The van der Waals surface area contributed by atoms with Crippen molar-refractivity contribution in [3.8, 4) is 23.0 Å². The van der Waals surface area contributed by atoms with E-state index in [9.17, 15) is 4.79 Å². The molecule has 2 aromatic rings. The maximum absolute atomic E-state index is 13.8. The lowest BCUT2D eigenvalue weighted by atomic mass is 9.62. The zero-order valence-electron chi connectivity index (χ0n) is 20.8. The molecule has 1 saturated carbocycles. The van der Waals surface area contributed by atoms with Crippen LogP contribution in [0, 0.1) is 5.41 Å². The molecule has 1 aliphatic carbocycles. The molecule has 35 heavy (non-hydrogen) atoms. The van der Waals surface area contributed by atoms with Gasteiger partial charge in [0.05, 0.1) is 35.0 Å². The van der Waals surface area contributed by atoms with E-state index in [-0.39, 0.29) is 11.3 Å². The standard InChI is InChI=1S/C27H31NO7/c1-25(15-26(16-34-25)11-6-12-26)27(18-7-9-19(30-2)10-8-18)24(29)35-23(28-27)17-13-20(31-3)22(33-5)21(14-17)32-4/h7-10,13-14H,6,11-12,15-16H2,1-5H3/t25-,27+/m1/s1. The van der Waals surface area contributed by atoms with Crippen molar-refractivity contribution in [3.63, 3.8) is 0 Å². The molecule has 2 atom stereocenters. The smallest absolute Gasteiger partial charge is 0.348 e. The van der Waals surface area contributed by atoms with E-state index in [1.165, 1.54) is 27.8 Å². The molecular weight excluding hydrogens is 450 g/mol. The number of carbonyl (C=O) groups excluding carboxylic acids is 1. The highest BCUT2D eigenvalue weighted by Gasteiger charge is 2.66. The largest absolute Gasteiger partial charge is 0.497 e. The molecule has 8 heteroatoms. The SMILES string of the molecule is COc1ccc([C@]2([C@@]3(C)CC4(CCC4)CO3)N=C(c3cc(OC)c(OC)c(OC)c3)OC2=O)cc1. The van der Waals surface area contributed by atoms with Crippen LogP contribution >= 0.6 is 0 Å². The van der Waals surface area contributed by atoms with Gasteiger partial charge < -0.3 is 28.4 Å². The fraction of sp³-hybridized carbons (Fsp3) is 0.481. The number of benzene rings is 2. The minimum atomic E-state index is -1.37. The fourth-order valence-electron chi connectivity index (χ4n) is 5.72. The van der Waals surface area contributed by atoms with Crippen LogP contribution in [-0.2, 0) is 19.8 Å². The molecule has 0 unspecified atom stereocenters. The van der Waals surface area contributed by atoms with E-state index < -0.39 is 17.1 Å². The molecule has 3 aliphatic rings. The fourth-order valence-corrected chi connectivity index (χ4v) is 5.72. The molecule has 2 aromatic carbocycles. The summed E-state index contributed by atoms with van der Waals surface area (Å²) >= 11 is 0. The van der Waals surface area contributed by atoms with Crippen molar-refractivity contribution >= 4 is 11.9 Å². The maximum Gasteiger partial charge on any atom is 0.348 e. The summed E-state index contributed by atoms with van der Waals surface area (Å²) in [6.45, 7) is 2.59. The van der Waals surface area contributed by atoms with Crippen LogP contribution in [0.2, 0.25) is 0 Å². The summed E-state index contributed by atoms with van der Waals surface area (Å²) in [5, 5.41) is 0. The number of methoxy groups -OCH3 is 4. The molecule has 0 N–H and O–H groups in total. The van der Waals surface area contributed by atoms with Gasteiger partial charge in [0.1, 0.15) is 11.4 Å². The van der Waals surface area contributed by atoms with E-state index in [1.807, 2.05) is 31.2 Å². The lowest BCUT2D eigenvalue weighted by Crippen LogP contribution is -2.52. The van der Waals surface area contributed by atoms with E-state index >= 15 is 0 Å². The summed E-state index contributed by atoms with van der Waals surface area (Å²) in [6.07, 6.45) is 4.10. The van der Waals surface area contributed by atoms with Crippen LogP contribution in [0.15, 0.2) is 41.4 Å². The van der Waals surface area contributed by atoms with Crippen LogP contribution in [0.25, 0.3) is 0 Å². The average Bonchev–Trinajstić information content (AvgIpc) is 3.42. The Morgan fingerprint density at radius 2 is 1.57 bits per heavy atom. The van der Waals surface area contributed by atoms with Gasteiger partial charge >= 0.3 is 5.97 Å². The van der Waals surface area contributed by atoms with Crippen LogP contribution in [-0.4, -0.2) is 52.5 Å². The molecule has 1 saturated heterocycles. The molecule has 0 radical (unpaired) electrons. The van der Waals surface area contributed by atoms with Crippen molar-refractivity contribution < 1.29 is 33.2 Å². The summed E-state index contributed by atoms with van der Waals surface area (Å²) in [5.41, 5.74) is -0.901. The second-order valence-corrected chi connectivity index (χ2v) is 9.71. The Balaban J connectivity index is 1.66. The number of hydrogen-bond donors (Lipinski definition) is 0. The Hall–Kier alpha value is -3.26. The molecule has 5 rings (SSSR count). The van der Waals surface area contributed by atoms with Gasteiger partial charge in [-0.3, -0.25) is 0 Å². The first-order chi connectivity index (χ1) is 16.8. The van der Waals surface area contributed by atoms with Crippen molar-refractivity contribution in [2.24, 2.45) is 10.4 Å². The second kappa shape index (κ2) is 8.45. The summed E-state index contributed by atoms with van der Waals surface area (Å²) < 4.78 is 34.1. The summed E-state index contributed by atoms with van der Waals surface area (Å²) in [7, 11) is 6.22. The van der Waals surface area contributed by atoms with Crippen molar-refractivity contribution in [3.05, 3.63) is 47.5 Å². The summed E-state index contributed by atoms with van der Waals surface area (Å²) in [5.74, 6) is 1.74. The highest BCUT2D eigenvalue weighted by molar-refractivity contribution is 6.09. The molecule has 0 bridgehead atoms. The van der Waals surface area contributed by atoms with Gasteiger partial charge in [0.15, 0.2) is 11.5 Å². The number of ether oxygens (including phenoxy) is 6. The minimum absolute atomic E-state index is 0.0966. The third-order valence-corrected chi connectivity index (χ3v) is 7.76. The van der Waals surface area contributed by atoms with Gasteiger partial charge in [0, 0.05) is 5.56 Å². The highest BCUT2D eigenvalue weighted by atomic mass is 16.6. The lowest BCUT2D eigenvalue weighted by molar-refractivity contribution is -0.150. The van der Waals surface area contributed by atoms with E-state index in [1.54, 1.807) is 19.2 Å². The number of nitrogens with zero attached hydrogens (tertiary/aromatic N) is 1. The number of cyclic esters (lactones) is 1. The monoisotopic (exact) mass is 481 g/mol. The first-order valence-corrected chi connectivity index (χ1v) is 11.7. The van der Waals surface area contributed by atoms with E-state index in [2.05, 4.69) is 0 Å². The minimum Gasteiger partial charge on any atom is -0.497 e. The lowest BCUT2D eigenvalue weighted by Gasteiger charge is -2.41. The number of esters is 1. The van der Waals surface area contributed by atoms with Crippen LogP contribution < -0.4 is 18.9 Å². The van der Waals surface area contributed by atoms with Crippen LogP contribution in [0.1, 0.15) is 43.7 Å². The van der Waals surface area contributed by atoms with Crippen molar-refractivity contribution in [1.82, 2.24) is 0 Å². The van der Waals surface area contributed by atoms with E-state index in [0.29, 0.717) is 40.7 Å². The van der Waals surface area contributed by atoms with Crippen molar-refractivity contribution in [1.29, 1.82) is 0 Å². The third-order valence-electron chi connectivity index (χ3n) is 7.76. The van der Waals surface area contributed by atoms with Crippen molar-refractivity contribution in [2.75, 3.05) is 35.0 Å². The number of aliphatic imine (C=N–C) groups is 1. The van der Waals surface area contributed by atoms with Crippen molar-refractivity contribution in [2.45, 2.75) is 43.7 Å². The Bertz CT molecular complexity index is 1150. The zero-order chi connectivity index (χ0) is 24.8. The highest BCUT2D eigenvalue weighted by Crippen LogP contribution is 2.59. The summed E-state index contributed by atoms with van der Waals surface area (Å²) in [6, 6.07) is 10.8. The molecule has 2 aliphatic heterocycles. The predicted octanol–water partition coefficient (Wildman–Crippen LogP) is 4.27. The third kappa shape index (κ3) is 3.45. The van der Waals surface area contributed by atoms with E-state index in [4.69, 9.17) is 33.4 Å². The first kappa shape index (κ1) is 23.5. The van der Waals surface area contributed by atoms with Gasteiger partial charge in [0.25, 0.3) is 0 Å². The molecule has 8 nitrogen and oxygen atoms in total. The van der Waals surface area contributed by atoms with Gasteiger partial charge in [-0.15, -0.1) is 0 Å². The quantitative estimate of drug-likeness (QED) is 0.546. The van der Waals surface area contributed by atoms with Crippen LogP contribution in [0.3, 0.4) is 0 Å². The van der Waals surface area contributed by atoms with Gasteiger partial charge in [0.2, 0.25) is 17.2 Å². The number of hydrogen-bond acceptors (Lipinski definition) is 8. The molecule has 2 heterocycles. The summed E-state index contributed by atoms with van der Waals surface area (Å²) in [4.78, 5) is 18.8. The zero-order valence-corrected chi connectivity index (χ0v) is 20.8. The normalized spacial score (nSPS) is 26.7. The molecule has 186 valence electrons. The molecule has 2 fully saturated rings. The second-order valence-electron chi connectivity index (χ2n) is 9.71. The van der Waals surface area contributed by atoms with Gasteiger partial charge in [-0.2, -0.15) is 0 Å². The topological polar surface area (TPSA) is 84.8 Å². The molecule has 0 amide bonds. The molecule has 0 aromatic heterocycles.